The number of fused-ring (bicyclic) bond motifs is 1. The van der Waals surface area contributed by atoms with E-state index in [1.807, 2.05) is 68.7 Å². The summed E-state index contributed by atoms with van der Waals surface area (Å²) in [7, 11) is 4.10. The highest BCUT2D eigenvalue weighted by atomic mass is 16.5. The Morgan fingerprint density at radius 3 is 2.47 bits per heavy atom. The van der Waals surface area contributed by atoms with E-state index in [1.165, 1.54) is 0 Å². The van der Waals surface area contributed by atoms with Crippen LogP contribution in [-0.4, -0.2) is 52.1 Å². The average Bonchev–Trinajstić information content (AvgIpc) is 2.77. The van der Waals surface area contributed by atoms with Gasteiger partial charge in [-0.3, -0.25) is 0 Å². The van der Waals surface area contributed by atoms with E-state index in [1.54, 1.807) is 6.20 Å². The van der Waals surface area contributed by atoms with Crippen molar-refractivity contribution in [1.29, 1.82) is 0 Å². The molecule has 0 unspecified atom stereocenters. The highest BCUT2D eigenvalue weighted by molar-refractivity contribution is 5.91. The lowest BCUT2D eigenvalue weighted by Gasteiger charge is -2.10. The fourth-order valence-electron chi connectivity index (χ4n) is 3.16. The molecule has 0 aliphatic carbocycles. The van der Waals surface area contributed by atoms with Crippen LogP contribution in [0.15, 0.2) is 60.8 Å². The lowest BCUT2D eigenvalue weighted by molar-refractivity contribution is 0.273. The van der Waals surface area contributed by atoms with Gasteiger partial charge in [-0.25, -0.2) is 19.9 Å². The van der Waals surface area contributed by atoms with Gasteiger partial charge >= 0.3 is 0 Å². The van der Waals surface area contributed by atoms with Crippen molar-refractivity contribution in [2.75, 3.05) is 33.0 Å². The molecule has 0 amide bonds. The molecule has 7 heteroatoms. The quantitative estimate of drug-likeness (QED) is 0.473. The van der Waals surface area contributed by atoms with Crippen molar-refractivity contribution in [3.8, 4) is 28.4 Å². The molecule has 30 heavy (non-hydrogen) atoms. The summed E-state index contributed by atoms with van der Waals surface area (Å²) in [5, 5.41) is 0. The van der Waals surface area contributed by atoms with Gasteiger partial charge in [0.05, 0.1) is 17.8 Å². The number of anilines is 1. The summed E-state index contributed by atoms with van der Waals surface area (Å²) in [6.45, 7) is 1.62. The molecule has 0 bridgehead atoms. The average molecular weight is 400 g/mol. The third-order valence-electron chi connectivity index (χ3n) is 4.64. The van der Waals surface area contributed by atoms with E-state index in [0.717, 1.165) is 29.8 Å². The largest absolute Gasteiger partial charge is 0.478 e. The third-order valence-corrected chi connectivity index (χ3v) is 4.64. The molecule has 3 heterocycles. The van der Waals surface area contributed by atoms with Gasteiger partial charge in [-0.15, -0.1) is 0 Å². The number of hydrogen-bond donors (Lipinski definition) is 1. The van der Waals surface area contributed by atoms with Crippen LogP contribution < -0.4 is 10.5 Å². The summed E-state index contributed by atoms with van der Waals surface area (Å²) in [6, 6.07) is 17.5. The molecule has 4 rings (SSSR count). The van der Waals surface area contributed by atoms with Gasteiger partial charge in [0.25, 0.3) is 0 Å². The fourth-order valence-corrected chi connectivity index (χ4v) is 3.16. The SMILES string of the molecule is CN(C)CCCOc1ccc(-c2ccc3nc(N)nc(-c4ccccc4)c3n2)cn1. The zero-order valence-corrected chi connectivity index (χ0v) is 17.1. The molecule has 4 aromatic rings. The number of pyridine rings is 2. The predicted molar refractivity (Wildman–Crippen MR) is 119 cm³/mol. The van der Waals surface area contributed by atoms with E-state index in [-0.39, 0.29) is 5.95 Å². The minimum absolute atomic E-state index is 0.230. The maximum atomic E-state index is 5.92. The van der Waals surface area contributed by atoms with Crippen molar-refractivity contribution in [2.45, 2.75) is 6.42 Å². The number of nitrogen functional groups attached to an aromatic ring is 1. The van der Waals surface area contributed by atoms with Crippen LogP contribution in [0.1, 0.15) is 6.42 Å². The van der Waals surface area contributed by atoms with Crippen LogP contribution in [0.5, 0.6) is 5.88 Å². The van der Waals surface area contributed by atoms with Crippen LogP contribution in [0.25, 0.3) is 33.5 Å². The van der Waals surface area contributed by atoms with Gasteiger partial charge in [-0.05, 0) is 38.7 Å². The first-order valence-corrected chi connectivity index (χ1v) is 9.84. The van der Waals surface area contributed by atoms with Gasteiger partial charge < -0.3 is 15.4 Å². The Balaban J connectivity index is 1.61. The van der Waals surface area contributed by atoms with E-state index in [0.29, 0.717) is 29.2 Å². The maximum absolute atomic E-state index is 5.92. The number of hydrogen-bond acceptors (Lipinski definition) is 7. The topological polar surface area (TPSA) is 90.0 Å². The Bertz CT molecular complexity index is 1130. The Hall–Kier alpha value is -3.58. The molecule has 152 valence electrons. The molecular weight excluding hydrogens is 376 g/mol. The Morgan fingerprint density at radius 1 is 0.900 bits per heavy atom. The van der Waals surface area contributed by atoms with Gasteiger partial charge in [0.15, 0.2) is 0 Å². The number of nitrogens with zero attached hydrogens (tertiary/aromatic N) is 5. The molecule has 0 saturated carbocycles. The second-order valence-corrected chi connectivity index (χ2v) is 7.25. The Kier molecular flexibility index (Phi) is 5.81. The number of rotatable bonds is 7. The predicted octanol–water partition coefficient (Wildman–Crippen LogP) is 3.67. The summed E-state index contributed by atoms with van der Waals surface area (Å²) in [6.07, 6.45) is 2.73. The van der Waals surface area contributed by atoms with Crippen LogP contribution in [0, 0.1) is 0 Å². The molecule has 0 radical (unpaired) electrons. The molecule has 1 aromatic carbocycles. The maximum Gasteiger partial charge on any atom is 0.221 e. The molecule has 7 nitrogen and oxygen atoms in total. The molecule has 0 spiro atoms. The standard InChI is InChI=1S/C23H24N6O/c1-29(2)13-6-14-30-20-12-9-17(15-25-20)18-10-11-19-22(26-18)21(28-23(24)27-19)16-7-4-3-5-8-16/h3-5,7-12,15H,6,13-14H2,1-2H3,(H2,24,27,28). The summed E-state index contributed by atoms with van der Waals surface area (Å²) >= 11 is 0. The second kappa shape index (κ2) is 8.84. The van der Waals surface area contributed by atoms with Gasteiger partial charge in [0, 0.05) is 29.9 Å². The number of ether oxygens (including phenoxy) is 1. The molecule has 0 aliphatic heterocycles. The first kappa shape index (κ1) is 19.7. The fraction of sp³-hybridized carbons (Fsp3) is 0.217. The summed E-state index contributed by atoms with van der Waals surface area (Å²) in [5.41, 5.74) is 10.7. The Labute approximate surface area is 175 Å². The molecule has 2 N–H and O–H groups in total. The normalized spacial score (nSPS) is 11.2. The van der Waals surface area contributed by atoms with Crippen molar-refractivity contribution < 1.29 is 4.74 Å². The van der Waals surface area contributed by atoms with Gasteiger partial charge in [0.1, 0.15) is 11.2 Å². The molecule has 0 atom stereocenters. The molecule has 0 fully saturated rings. The molecule has 0 saturated heterocycles. The summed E-state index contributed by atoms with van der Waals surface area (Å²) in [4.78, 5) is 20.1. The summed E-state index contributed by atoms with van der Waals surface area (Å²) < 4.78 is 5.72. The lowest BCUT2D eigenvalue weighted by atomic mass is 10.1. The van der Waals surface area contributed by atoms with Crippen LogP contribution in [0.4, 0.5) is 5.95 Å². The highest BCUT2D eigenvalue weighted by Gasteiger charge is 2.12. The van der Waals surface area contributed by atoms with Gasteiger partial charge in [-0.1, -0.05) is 30.3 Å². The minimum atomic E-state index is 0.230. The van der Waals surface area contributed by atoms with Crippen molar-refractivity contribution >= 4 is 17.0 Å². The molecular formula is C23H24N6O. The highest BCUT2D eigenvalue weighted by Crippen LogP contribution is 2.28. The molecule has 3 aromatic heterocycles. The Morgan fingerprint density at radius 2 is 1.73 bits per heavy atom. The van der Waals surface area contributed by atoms with E-state index in [4.69, 9.17) is 15.5 Å². The zero-order chi connectivity index (χ0) is 20.9. The number of benzene rings is 1. The van der Waals surface area contributed by atoms with Crippen molar-refractivity contribution in [1.82, 2.24) is 24.8 Å². The zero-order valence-electron chi connectivity index (χ0n) is 17.1. The van der Waals surface area contributed by atoms with Crippen LogP contribution in [0.3, 0.4) is 0 Å². The minimum Gasteiger partial charge on any atom is -0.478 e. The van der Waals surface area contributed by atoms with Crippen molar-refractivity contribution in [2.24, 2.45) is 0 Å². The van der Waals surface area contributed by atoms with E-state index >= 15 is 0 Å². The first-order valence-electron chi connectivity index (χ1n) is 9.84. The van der Waals surface area contributed by atoms with Gasteiger partial charge in [-0.2, -0.15) is 0 Å². The lowest BCUT2D eigenvalue weighted by Crippen LogP contribution is -2.15. The molecule has 0 aliphatic rings. The van der Waals surface area contributed by atoms with Crippen LogP contribution in [-0.2, 0) is 0 Å². The van der Waals surface area contributed by atoms with E-state index in [2.05, 4.69) is 19.9 Å². The van der Waals surface area contributed by atoms with Crippen LogP contribution in [0.2, 0.25) is 0 Å². The van der Waals surface area contributed by atoms with Crippen molar-refractivity contribution in [3.05, 3.63) is 60.8 Å². The monoisotopic (exact) mass is 400 g/mol. The van der Waals surface area contributed by atoms with E-state index < -0.39 is 0 Å². The number of nitrogens with two attached hydrogens (primary N) is 1. The smallest absolute Gasteiger partial charge is 0.221 e. The number of aromatic nitrogens is 4. The first-order chi connectivity index (χ1) is 14.6. The second-order valence-electron chi connectivity index (χ2n) is 7.25. The van der Waals surface area contributed by atoms with Crippen molar-refractivity contribution in [3.63, 3.8) is 0 Å². The van der Waals surface area contributed by atoms with Gasteiger partial charge in [0.2, 0.25) is 11.8 Å². The van der Waals surface area contributed by atoms with Crippen LogP contribution >= 0.6 is 0 Å². The third kappa shape index (κ3) is 4.52. The summed E-state index contributed by atoms with van der Waals surface area (Å²) in [5.74, 6) is 0.840. The van der Waals surface area contributed by atoms with E-state index in [9.17, 15) is 0 Å².